The molecule has 0 spiro atoms. The minimum Gasteiger partial charge on any atom is -0.393 e. The maximum absolute atomic E-state index is 12.1. The number of carbonyl (C=O) groups is 2. The monoisotopic (exact) mass is 857 g/mol. The first-order valence-corrected chi connectivity index (χ1v) is 28.6. The normalized spacial score (nSPS) is 11.6. The van der Waals surface area contributed by atoms with Gasteiger partial charge in [-0.3, -0.25) is 9.59 Å². The SMILES string of the molecule is CCCCCCCC/C=C\CCCCCCCCCCCC(=O)OC(=O)CCCCCCCCCCCCCCCCCCCCCCCCCCCCCCCCCCC. The number of ether oxygens (including phenoxy) is 1. The number of esters is 2. The van der Waals surface area contributed by atoms with Crippen LogP contribution in [0.25, 0.3) is 0 Å². The van der Waals surface area contributed by atoms with Crippen LogP contribution >= 0.6 is 0 Å². The molecular formula is C58H112O3. The van der Waals surface area contributed by atoms with Crippen LogP contribution in [0.3, 0.4) is 0 Å². The molecule has 0 aromatic rings. The third kappa shape index (κ3) is 54.9. The Hall–Kier alpha value is -1.12. The highest BCUT2D eigenvalue weighted by molar-refractivity contribution is 5.85. The standard InChI is InChI=1S/C58H112O3/c1-3-5-7-9-11-13-15-17-19-21-23-24-25-26-27-28-29-30-31-32-33-34-35-36-38-40-42-44-46-48-50-52-54-56-58(60)61-57(59)55-53-51-49-47-45-43-41-39-37-22-20-18-16-14-12-10-8-6-4-2/h18,20H,3-17,19,21-56H2,1-2H3/b20-18-. The highest BCUT2D eigenvalue weighted by atomic mass is 16.6. The lowest BCUT2D eigenvalue weighted by molar-refractivity contribution is -0.159. The lowest BCUT2D eigenvalue weighted by Crippen LogP contribution is -2.11. The third-order valence-electron chi connectivity index (χ3n) is 13.4. The predicted molar refractivity (Wildman–Crippen MR) is 272 cm³/mol. The predicted octanol–water partition coefficient (Wildman–Crippen LogP) is 20.9. The van der Waals surface area contributed by atoms with Crippen molar-refractivity contribution in [1.82, 2.24) is 0 Å². The van der Waals surface area contributed by atoms with Gasteiger partial charge in [0, 0.05) is 12.8 Å². The lowest BCUT2D eigenvalue weighted by atomic mass is 10.0. The van der Waals surface area contributed by atoms with Crippen molar-refractivity contribution >= 4 is 11.9 Å². The number of hydrogen-bond donors (Lipinski definition) is 0. The second-order valence-corrected chi connectivity index (χ2v) is 19.7. The highest BCUT2D eigenvalue weighted by Crippen LogP contribution is 2.18. The van der Waals surface area contributed by atoms with Gasteiger partial charge in [-0.15, -0.1) is 0 Å². The van der Waals surface area contributed by atoms with Crippen molar-refractivity contribution in [2.75, 3.05) is 0 Å². The highest BCUT2D eigenvalue weighted by Gasteiger charge is 2.10. The third-order valence-corrected chi connectivity index (χ3v) is 13.4. The molecule has 0 aliphatic carbocycles. The van der Waals surface area contributed by atoms with Crippen molar-refractivity contribution in [1.29, 1.82) is 0 Å². The van der Waals surface area contributed by atoms with E-state index in [0.717, 1.165) is 25.7 Å². The van der Waals surface area contributed by atoms with Gasteiger partial charge >= 0.3 is 11.9 Å². The van der Waals surface area contributed by atoms with Gasteiger partial charge in [-0.2, -0.15) is 0 Å². The van der Waals surface area contributed by atoms with Crippen LogP contribution in [0.1, 0.15) is 348 Å². The largest absolute Gasteiger partial charge is 0.393 e. The van der Waals surface area contributed by atoms with Crippen molar-refractivity contribution in [3.63, 3.8) is 0 Å². The van der Waals surface area contributed by atoms with Crippen molar-refractivity contribution in [2.45, 2.75) is 348 Å². The molecule has 0 aliphatic heterocycles. The quantitative estimate of drug-likeness (QED) is 0.0265. The summed E-state index contributed by atoms with van der Waals surface area (Å²) >= 11 is 0. The maximum atomic E-state index is 12.1. The Morgan fingerprint density at radius 1 is 0.246 bits per heavy atom. The van der Waals surface area contributed by atoms with Crippen LogP contribution in [-0.2, 0) is 14.3 Å². The summed E-state index contributed by atoms with van der Waals surface area (Å²) in [6, 6.07) is 0. The molecule has 0 N–H and O–H groups in total. The van der Waals surface area contributed by atoms with E-state index in [1.807, 2.05) is 0 Å². The summed E-state index contributed by atoms with van der Waals surface area (Å²) in [6.45, 7) is 4.59. The number of hydrogen-bond acceptors (Lipinski definition) is 3. The molecule has 0 bridgehead atoms. The summed E-state index contributed by atoms with van der Waals surface area (Å²) in [5, 5.41) is 0. The minimum atomic E-state index is -0.322. The van der Waals surface area contributed by atoms with Crippen molar-refractivity contribution in [3.05, 3.63) is 12.2 Å². The van der Waals surface area contributed by atoms with E-state index in [0.29, 0.717) is 12.8 Å². The molecule has 362 valence electrons. The van der Waals surface area contributed by atoms with Gasteiger partial charge in [0.1, 0.15) is 0 Å². The number of unbranched alkanes of at least 4 members (excludes halogenated alkanes) is 47. The first-order chi connectivity index (χ1) is 30.2. The Labute approximate surface area is 384 Å². The number of carbonyl (C=O) groups excluding carboxylic acids is 2. The molecule has 61 heavy (non-hydrogen) atoms. The van der Waals surface area contributed by atoms with E-state index in [2.05, 4.69) is 26.0 Å². The minimum absolute atomic E-state index is 0.320. The number of rotatable bonds is 53. The van der Waals surface area contributed by atoms with Gasteiger partial charge in [0.25, 0.3) is 0 Å². The second kappa shape index (κ2) is 55.0. The molecule has 0 aliphatic rings. The molecule has 0 aromatic heterocycles. The van der Waals surface area contributed by atoms with Crippen LogP contribution < -0.4 is 0 Å². The van der Waals surface area contributed by atoms with Crippen LogP contribution in [0.15, 0.2) is 12.2 Å². The van der Waals surface area contributed by atoms with Gasteiger partial charge in [-0.05, 0) is 38.5 Å². The summed E-state index contributed by atoms with van der Waals surface area (Å²) in [4.78, 5) is 24.1. The van der Waals surface area contributed by atoms with Gasteiger partial charge in [0.2, 0.25) is 0 Å². The summed E-state index contributed by atoms with van der Waals surface area (Å²) < 4.78 is 5.07. The molecule has 0 amide bonds. The maximum Gasteiger partial charge on any atom is 0.313 e. The van der Waals surface area contributed by atoms with E-state index >= 15 is 0 Å². The van der Waals surface area contributed by atoms with Crippen LogP contribution in [-0.4, -0.2) is 11.9 Å². The second-order valence-electron chi connectivity index (χ2n) is 19.7. The molecule has 0 atom stereocenters. The summed E-state index contributed by atoms with van der Waals surface area (Å²) in [5.74, 6) is -0.643. The van der Waals surface area contributed by atoms with E-state index in [1.165, 1.54) is 295 Å². The number of allylic oxidation sites excluding steroid dienone is 2. The molecule has 3 heteroatoms. The zero-order valence-electron chi connectivity index (χ0n) is 42.1. The van der Waals surface area contributed by atoms with Crippen molar-refractivity contribution in [3.8, 4) is 0 Å². The lowest BCUT2D eigenvalue weighted by Gasteiger charge is -2.05. The first-order valence-electron chi connectivity index (χ1n) is 28.6. The average Bonchev–Trinajstić information content (AvgIpc) is 3.26. The van der Waals surface area contributed by atoms with E-state index in [1.54, 1.807) is 0 Å². The molecule has 0 unspecified atom stereocenters. The Kier molecular flexibility index (Phi) is 54.0. The Balaban J connectivity index is 3.23. The Morgan fingerprint density at radius 2 is 0.410 bits per heavy atom. The van der Waals surface area contributed by atoms with E-state index in [4.69, 9.17) is 4.74 Å². The molecule has 0 rings (SSSR count). The molecule has 3 nitrogen and oxygen atoms in total. The van der Waals surface area contributed by atoms with Gasteiger partial charge in [0.05, 0.1) is 0 Å². The molecule has 0 fully saturated rings. The average molecular weight is 858 g/mol. The summed E-state index contributed by atoms with van der Waals surface area (Å²) in [7, 11) is 0. The molecule has 0 heterocycles. The van der Waals surface area contributed by atoms with Gasteiger partial charge in [-0.25, -0.2) is 0 Å². The van der Waals surface area contributed by atoms with Crippen LogP contribution in [0.5, 0.6) is 0 Å². The van der Waals surface area contributed by atoms with Gasteiger partial charge in [0.15, 0.2) is 0 Å². The Bertz CT molecular complexity index is 863. The topological polar surface area (TPSA) is 43.4 Å². The van der Waals surface area contributed by atoms with Crippen LogP contribution in [0.4, 0.5) is 0 Å². The summed E-state index contributed by atoms with van der Waals surface area (Å²) in [5.41, 5.74) is 0. The van der Waals surface area contributed by atoms with Crippen molar-refractivity contribution in [2.24, 2.45) is 0 Å². The fraction of sp³-hybridized carbons (Fsp3) is 0.931. The Morgan fingerprint density at radius 3 is 0.607 bits per heavy atom. The van der Waals surface area contributed by atoms with Crippen LogP contribution in [0, 0.1) is 0 Å². The fourth-order valence-electron chi connectivity index (χ4n) is 9.10. The van der Waals surface area contributed by atoms with E-state index in [9.17, 15) is 9.59 Å². The molecule has 0 radical (unpaired) electrons. The molecule has 0 saturated heterocycles. The molecule has 0 aromatic carbocycles. The van der Waals surface area contributed by atoms with Gasteiger partial charge < -0.3 is 4.74 Å². The van der Waals surface area contributed by atoms with Crippen molar-refractivity contribution < 1.29 is 14.3 Å². The van der Waals surface area contributed by atoms with E-state index < -0.39 is 0 Å². The molecule has 0 saturated carbocycles. The van der Waals surface area contributed by atoms with Gasteiger partial charge in [-0.1, -0.05) is 309 Å². The zero-order valence-corrected chi connectivity index (χ0v) is 42.1. The smallest absolute Gasteiger partial charge is 0.313 e. The molecular weight excluding hydrogens is 745 g/mol. The zero-order chi connectivity index (χ0) is 44.0. The summed E-state index contributed by atoms with van der Waals surface area (Å²) in [6.07, 6.45) is 73.7. The first kappa shape index (κ1) is 59.9. The fourth-order valence-corrected chi connectivity index (χ4v) is 9.10. The van der Waals surface area contributed by atoms with E-state index in [-0.39, 0.29) is 11.9 Å². The van der Waals surface area contributed by atoms with Crippen LogP contribution in [0.2, 0.25) is 0 Å².